The Bertz CT molecular complexity index is 1210. The summed E-state index contributed by atoms with van der Waals surface area (Å²) < 4.78 is 38.3. The summed E-state index contributed by atoms with van der Waals surface area (Å²) in [5.74, 6) is -1.05. The Hall–Kier alpha value is -3.01. The van der Waals surface area contributed by atoms with Crippen molar-refractivity contribution in [3.63, 3.8) is 0 Å². The minimum absolute atomic E-state index is 0.0304. The second-order valence-electron chi connectivity index (χ2n) is 6.11. The summed E-state index contributed by atoms with van der Waals surface area (Å²) in [6.45, 7) is 3.67. The molecular weight excluding hydrogens is 419 g/mol. The summed E-state index contributed by atoms with van der Waals surface area (Å²) in [5.41, 5.74) is 1.66. The van der Waals surface area contributed by atoms with Gasteiger partial charge in [0, 0.05) is 10.7 Å². The van der Waals surface area contributed by atoms with E-state index in [9.17, 15) is 17.6 Å². The molecule has 0 aliphatic carbocycles. The third-order valence-corrected chi connectivity index (χ3v) is 5.31. The van der Waals surface area contributed by atoms with Gasteiger partial charge in [-0.2, -0.15) is 5.10 Å². The van der Waals surface area contributed by atoms with Gasteiger partial charge in [0.25, 0.3) is 0 Å². The summed E-state index contributed by atoms with van der Waals surface area (Å²) in [6.07, 6.45) is 3.55. The second-order valence-corrected chi connectivity index (χ2v) is 8.05. The predicted molar refractivity (Wildman–Crippen MR) is 109 cm³/mol. The molecule has 150 valence electrons. The van der Waals surface area contributed by atoms with Gasteiger partial charge in [0.15, 0.2) is 5.82 Å². The lowest BCUT2D eigenvalue weighted by atomic mass is 10.1. The van der Waals surface area contributed by atoms with Crippen molar-refractivity contribution in [3.8, 4) is 5.69 Å². The summed E-state index contributed by atoms with van der Waals surface area (Å²) in [4.78, 5) is 12.1. The molecule has 3 N–H and O–H groups in total. The molecule has 0 atom stereocenters. The standard InChI is InChI=1S/C19H16ClFN4O3S/c1-2-12-3-5-16(20)13(7-12)8-19(26)24-15-4-6-17(18(9-15)29(22,27)28)25-11-14(21)10-23-25/h2-7,9-11H,1,8H2,(H,24,26)(H2,22,27,28). The number of primary sulfonamides is 1. The smallest absolute Gasteiger partial charge is 0.240 e. The maximum atomic E-state index is 13.2. The average Bonchev–Trinajstić information content (AvgIpc) is 3.09. The number of hydrogen-bond acceptors (Lipinski definition) is 4. The van der Waals surface area contributed by atoms with Crippen LogP contribution >= 0.6 is 11.6 Å². The summed E-state index contributed by atoms with van der Waals surface area (Å²) in [6, 6.07) is 9.19. The number of carbonyl (C=O) groups is 1. The molecule has 29 heavy (non-hydrogen) atoms. The van der Waals surface area contributed by atoms with Gasteiger partial charge in [-0.15, -0.1) is 0 Å². The van der Waals surface area contributed by atoms with Gasteiger partial charge in [-0.1, -0.05) is 30.3 Å². The Morgan fingerprint density at radius 3 is 2.69 bits per heavy atom. The Kier molecular flexibility index (Phi) is 5.83. The van der Waals surface area contributed by atoms with E-state index in [0.29, 0.717) is 10.6 Å². The lowest BCUT2D eigenvalue weighted by Gasteiger charge is -2.12. The van der Waals surface area contributed by atoms with Crippen LogP contribution in [0.1, 0.15) is 11.1 Å². The number of benzene rings is 2. The monoisotopic (exact) mass is 434 g/mol. The highest BCUT2D eigenvalue weighted by molar-refractivity contribution is 7.89. The van der Waals surface area contributed by atoms with Crippen molar-refractivity contribution in [2.75, 3.05) is 5.32 Å². The van der Waals surface area contributed by atoms with Crippen molar-refractivity contribution in [3.05, 3.63) is 77.3 Å². The third kappa shape index (κ3) is 4.89. The van der Waals surface area contributed by atoms with E-state index in [1.54, 1.807) is 24.3 Å². The molecule has 1 heterocycles. The van der Waals surface area contributed by atoms with Crippen LogP contribution in [-0.4, -0.2) is 24.1 Å². The van der Waals surface area contributed by atoms with Gasteiger partial charge in [-0.3, -0.25) is 4.79 Å². The highest BCUT2D eigenvalue weighted by Gasteiger charge is 2.18. The van der Waals surface area contributed by atoms with Crippen molar-refractivity contribution in [2.45, 2.75) is 11.3 Å². The van der Waals surface area contributed by atoms with E-state index >= 15 is 0 Å². The molecule has 0 bridgehead atoms. The van der Waals surface area contributed by atoms with E-state index in [1.807, 2.05) is 0 Å². The van der Waals surface area contributed by atoms with Crippen LogP contribution in [0.15, 0.2) is 60.3 Å². The van der Waals surface area contributed by atoms with Gasteiger partial charge < -0.3 is 5.32 Å². The van der Waals surface area contributed by atoms with Crippen LogP contribution in [0.4, 0.5) is 10.1 Å². The van der Waals surface area contributed by atoms with Gasteiger partial charge >= 0.3 is 0 Å². The minimum Gasteiger partial charge on any atom is -0.326 e. The van der Waals surface area contributed by atoms with Crippen LogP contribution in [0.5, 0.6) is 0 Å². The van der Waals surface area contributed by atoms with Crippen molar-refractivity contribution in [1.82, 2.24) is 9.78 Å². The number of anilines is 1. The van der Waals surface area contributed by atoms with Crippen LogP contribution in [0.25, 0.3) is 11.8 Å². The number of nitrogens with two attached hydrogens (primary N) is 1. The molecule has 0 spiro atoms. The van der Waals surface area contributed by atoms with Crippen molar-refractivity contribution < 1.29 is 17.6 Å². The molecule has 0 radical (unpaired) electrons. The van der Waals surface area contributed by atoms with Crippen LogP contribution in [0, 0.1) is 5.82 Å². The Morgan fingerprint density at radius 1 is 1.31 bits per heavy atom. The Morgan fingerprint density at radius 2 is 2.07 bits per heavy atom. The maximum Gasteiger partial charge on any atom is 0.240 e. The van der Waals surface area contributed by atoms with Crippen molar-refractivity contribution >= 4 is 39.3 Å². The normalized spacial score (nSPS) is 11.3. The summed E-state index contributed by atoms with van der Waals surface area (Å²) in [5, 5.41) is 12.0. The van der Waals surface area contributed by atoms with E-state index in [1.165, 1.54) is 18.2 Å². The number of hydrogen-bond donors (Lipinski definition) is 2. The fraction of sp³-hybridized carbons (Fsp3) is 0.0526. The lowest BCUT2D eigenvalue weighted by molar-refractivity contribution is -0.115. The molecule has 0 unspecified atom stereocenters. The zero-order valence-electron chi connectivity index (χ0n) is 15.0. The van der Waals surface area contributed by atoms with Crippen LogP contribution < -0.4 is 10.5 Å². The number of aromatic nitrogens is 2. The topological polar surface area (TPSA) is 107 Å². The predicted octanol–water partition coefficient (Wildman–Crippen LogP) is 3.14. The summed E-state index contributed by atoms with van der Waals surface area (Å²) in [7, 11) is -4.17. The molecule has 2 aromatic carbocycles. The van der Waals surface area contributed by atoms with Crippen LogP contribution in [0.2, 0.25) is 5.02 Å². The fourth-order valence-electron chi connectivity index (χ4n) is 2.68. The number of sulfonamides is 1. The number of carbonyl (C=O) groups excluding carboxylic acids is 1. The number of nitrogens with one attached hydrogen (secondary N) is 1. The molecule has 0 saturated heterocycles. The Balaban J connectivity index is 1.88. The SMILES string of the molecule is C=Cc1ccc(Cl)c(CC(=O)Nc2ccc(-n3cc(F)cn3)c(S(N)(=O)=O)c2)c1. The molecule has 0 saturated carbocycles. The maximum absolute atomic E-state index is 13.2. The fourth-order valence-corrected chi connectivity index (χ4v) is 3.61. The molecule has 0 aliphatic rings. The van der Waals surface area contributed by atoms with Crippen LogP contribution in [-0.2, 0) is 21.2 Å². The second kappa shape index (κ2) is 8.16. The van der Waals surface area contributed by atoms with Crippen molar-refractivity contribution in [2.24, 2.45) is 5.14 Å². The first kappa shape index (κ1) is 20.7. The molecule has 1 amide bonds. The molecule has 1 aromatic heterocycles. The quantitative estimate of drug-likeness (QED) is 0.621. The summed E-state index contributed by atoms with van der Waals surface area (Å²) >= 11 is 6.13. The van der Waals surface area contributed by atoms with E-state index in [0.717, 1.165) is 22.6 Å². The number of halogens is 2. The number of rotatable bonds is 6. The Labute approximate surface area is 171 Å². The highest BCUT2D eigenvalue weighted by atomic mass is 35.5. The van der Waals surface area contributed by atoms with Gasteiger partial charge in [0.2, 0.25) is 15.9 Å². The molecule has 7 nitrogen and oxygen atoms in total. The zero-order chi connectivity index (χ0) is 21.2. The van der Waals surface area contributed by atoms with E-state index in [2.05, 4.69) is 17.0 Å². The van der Waals surface area contributed by atoms with Gasteiger partial charge in [0.05, 0.1) is 24.5 Å². The third-order valence-electron chi connectivity index (χ3n) is 4.00. The molecule has 3 aromatic rings. The zero-order valence-corrected chi connectivity index (χ0v) is 16.5. The average molecular weight is 435 g/mol. The molecule has 10 heteroatoms. The number of nitrogens with zero attached hydrogens (tertiary/aromatic N) is 2. The molecule has 3 rings (SSSR count). The molecular formula is C19H16ClFN4O3S. The number of amides is 1. The van der Waals surface area contributed by atoms with E-state index in [4.69, 9.17) is 16.7 Å². The van der Waals surface area contributed by atoms with E-state index in [-0.39, 0.29) is 22.7 Å². The van der Waals surface area contributed by atoms with Gasteiger partial charge in [-0.05, 0) is 41.5 Å². The minimum atomic E-state index is -4.17. The van der Waals surface area contributed by atoms with Crippen LogP contribution in [0.3, 0.4) is 0 Å². The molecule has 0 fully saturated rings. The van der Waals surface area contributed by atoms with Gasteiger partial charge in [-0.25, -0.2) is 22.6 Å². The first-order chi connectivity index (χ1) is 13.7. The lowest BCUT2D eigenvalue weighted by Crippen LogP contribution is -2.18. The first-order valence-corrected chi connectivity index (χ1v) is 10.2. The largest absolute Gasteiger partial charge is 0.326 e. The first-order valence-electron chi connectivity index (χ1n) is 8.25. The highest BCUT2D eigenvalue weighted by Crippen LogP contribution is 2.24. The van der Waals surface area contributed by atoms with Crippen molar-refractivity contribution in [1.29, 1.82) is 0 Å². The molecule has 0 aliphatic heterocycles. The van der Waals surface area contributed by atoms with E-state index < -0.39 is 21.7 Å². The van der Waals surface area contributed by atoms with Gasteiger partial charge in [0.1, 0.15) is 4.90 Å².